The SMILES string of the molecule is CSC1CCCC(Nc2nc(N)nc(N3CCCC3)n2)C1. The van der Waals surface area contributed by atoms with Crippen molar-refractivity contribution in [2.45, 2.75) is 49.8 Å². The van der Waals surface area contributed by atoms with Crippen molar-refractivity contribution in [2.75, 3.05) is 35.3 Å². The molecule has 2 heterocycles. The summed E-state index contributed by atoms with van der Waals surface area (Å²) in [6.07, 6.45) is 9.53. The molecule has 7 heteroatoms. The second-order valence-electron chi connectivity index (χ2n) is 5.88. The summed E-state index contributed by atoms with van der Waals surface area (Å²) in [5, 5.41) is 4.21. The molecule has 116 valence electrons. The molecular formula is C14H24N6S. The lowest BCUT2D eigenvalue weighted by Gasteiger charge is -2.28. The van der Waals surface area contributed by atoms with Crippen LogP contribution >= 0.6 is 11.8 Å². The summed E-state index contributed by atoms with van der Waals surface area (Å²) in [7, 11) is 0. The maximum atomic E-state index is 5.85. The number of anilines is 3. The molecule has 2 fully saturated rings. The molecule has 1 saturated carbocycles. The predicted octanol–water partition coefficient (Wildman–Crippen LogP) is 2.14. The molecule has 0 aromatic carbocycles. The monoisotopic (exact) mass is 308 g/mol. The standard InChI is InChI=1S/C14H24N6S/c1-21-11-6-4-5-10(9-11)16-13-17-12(15)18-14(19-13)20-7-2-3-8-20/h10-11H,2-9H2,1H3,(H3,15,16,17,18,19). The molecule has 21 heavy (non-hydrogen) atoms. The van der Waals surface area contributed by atoms with E-state index in [1.807, 2.05) is 11.8 Å². The van der Waals surface area contributed by atoms with Crippen LogP contribution in [0.3, 0.4) is 0 Å². The van der Waals surface area contributed by atoms with Gasteiger partial charge in [0, 0.05) is 24.4 Å². The molecule has 0 spiro atoms. The maximum absolute atomic E-state index is 5.85. The van der Waals surface area contributed by atoms with Gasteiger partial charge in [0.05, 0.1) is 0 Å². The zero-order valence-corrected chi connectivity index (χ0v) is 13.4. The van der Waals surface area contributed by atoms with E-state index in [9.17, 15) is 0 Å². The van der Waals surface area contributed by atoms with Gasteiger partial charge in [-0.1, -0.05) is 6.42 Å². The molecule has 2 atom stereocenters. The summed E-state index contributed by atoms with van der Waals surface area (Å²) in [5.41, 5.74) is 5.85. The third-order valence-corrected chi connectivity index (χ3v) is 5.42. The number of aromatic nitrogens is 3. The summed E-state index contributed by atoms with van der Waals surface area (Å²) >= 11 is 1.96. The van der Waals surface area contributed by atoms with Gasteiger partial charge in [0.2, 0.25) is 17.8 Å². The molecule has 6 nitrogen and oxygen atoms in total. The number of nitrogens with zero attached hydrogens (tertiary/aromatic N) is 4. The molecule has 1 aromatic rings. The van der Waals surface area contributed by atoms with E-state index in [4.69, 9.17) is 5.73 Å². The predicted molar refractivity (Wildman–Crippen MR) is 88.9 cm³/mol. The fourth-order valence-electron chi connectivity index (χ4n) is 3.18. The molecule has 1 saturated heterocycles. The average molecular weight is 308 g/mol. The van der Waals surface area contributed by atoms with Gasteiger partial charge in [-0.3, -0.25) is 0 Å². The largest absolute Gasteiger partial charge is 0.368 e. The van der Waals surface area contributed by atoms with Gasteiger partial charge < -0.3 is 16.0 Å². The number of nitrogen functional groups attached to an aromatic ring is 1. The van der Waals surface area contributed by atoms with E-state index in [0.29, 0.717) is 17.9 Å². The van der Waals surface area contributed by atoms with Gasteiger partial charge in [0.1, 0.15) is 0 Å². The maximum Gasteiger partial charge on any atom is 0.231 e. The Morgan fingerprint density at radius 1 is 1.14 bits per heavy atom. The van der Waals surface area contributed by atoms with Crippen LogP contribution in [-0.4, -0.2) is 45.6 Å². The van der Waals surface area contributed by atoms with Crippen LogP contribution in [0.5, 0.6) is 0 Å². The van der Waals surface area contributed by atoms with E-state index in [2.05, 4.69) is 31.4 Å². The first-order valence-electron chi connectivity index (χ1n) is 7.80. The number of rotatable bonds is 4. The van der Waals surface area contributed by atoms with Crippen LogP contribution in [0.15, 0.2) is 0 Å². The van der Waals surface area contributed by atoms with Crippen molar-refractivity contribution in [1.29, 1.82) is 0 Å². The molecule has 0 bridgehead atoms. The lowest BCUT2D eigenvalue weighted by atomic mass is 9.95. The van der Waals surface area contributed by atoms with E-state index in [-0.39, 0.29) is 0 Å². The normalized spacial score (nSPS) is 26.0. The molecule has 3 N–H and O–H groups in total. The third-order valence-electron chi connectivity index (χ3n) is 4.32. The highest BCUT2D eigenvalue weighted by molar-refractivity contribution is 7.99. The van der Waals surface area contributed by atoms with Crippen LogP contribution in [0.4, 0.5) is 17.8 Å². The van der Waals surface area contributed by atoms with E-state index >= 15 is 0 Å². The number of nitrogens with two attached hydrogens (primary N) is 1. The molecular weight excluding hydrogens is 284 g/mol. The Morgan fingerprint density at radius 2 is 1.95 bits per heavy atom. The second kappa shape index (κ2) is 6.68. The third kappa shape index (κ3) is 3.70. The van der Waals surface area contributed by atoms with Gasteiger partial charge in [-0.2, -0.15) is 26.7 Å². The molecule has 2 unspecified atom stereocenters. The highest BCUT2D eigenvalue weighted by Crippen LogP contribution is 2.28. The van der Waals surface area contributed by atoms with Crippen molar-refractivity contribution in [3.8, 4) is 0 Å². The number of hydrogen-bond acceptors (Lipinski definition) is 7. The molecule has 3 rings (SSSR count). The van der Waals surface area contributed by atoms with Crippen LogP contribution in [0.1, 0.15) is 38.5 Å². The molecule has 1 aliphatic carbocycles. The molecule has 2 aliphatic rings. The Labute approximate surface area is 130 Å². The second-order valence-corrected chi connectivity index (χ2v) is 7.02. The van der Waals surface area contributed by atoms with E-state index in [0.717, 1.165) is 24.3 Å². The average Bonchev–Trinajstić information content (AvgIpc) is 3.01. The Hall–Kier alpha value is -1.24. The fraction of sp³-hybridized carbons (Fsp3) is 0.786. The molecule has 0 radical (unpaired) electrons. The van der Waals surface area contributed by atoms with E-state index in [1.54, 1.807) is 0 Å². The lowest BCUT2D eigenvalue weighted by Crippen LogP contribution is -2.30. The highest BCUT2D eigenvalue weighted by Gasteiger charge is 2.23. The van der Waals surface area contributed by atoms with E-state index in [1.165, 1.54) is 38.5 Å². The minimum atomic E-state index is 0.312. The van der Waals surface area contributed by atoms with Crippen LogP contribution in [0.25, 0.3) is 0 Å². The molecule has 0 amide bonds. The first kappa shape index (κ1) is 14.7. The molecule has 1 aliphatic heterocycles. The summed E-state index contributed by atoms with van der Waals surface area (Å²) in [6.45, 7) is 2.03. The quantitative estimate of drug-likeness (QED) is 0.882. The Balaban J connectivity index is 1.69. The van der Waals surface area contributed by atoms with Gasteiger partial charge in [0.25, 0.3) is 0 Å². The molecule has 1 aromatic heterocycles. The topological polar surface area (TPSA) is 80.0 Å². The van der Waals surface area contributed by atoms with Crippen LogP contribution in [0, 0.1) is 0 Å². The van der Waals surface area contributed by atoms with Crippen molar-refractivity contribution in [3.63, 3.8) is 0 Å². The van der Waals surface area contributed by atoms with Crippen molar-refractivity contribution < 1.29 is 0 Å². The summed E-state index contributed by atoms with van der Waals surface area (Å²) in [6, 6.07) is 0.449. The van der Waals surface area contributed by atoms with Crippen LogP contribution in [0.2, 0.25) is 0 Å². The Bertz CT molecular complexity index is 477. The number of thioether (sulfide) groups is 1. The number of hydrogen-bond donors (Lipinski definition) is 2. The smallest absolute Gasteiger partial charge is 0.231 e. The van der Waals surface area contributed by atoms with Gasteiger partial charge in [-0.05, 0) is 38.4 Å². The summed E-state index contributed by atoms with van der Waals surface area (Å²) < 4.78 is 0. The fourth-order valence-corrected chi connectivity index (χ4v) is 4.00. The minimum Gasteiger partial charge on any atom is -0.368 e. The van der Waals surface area contributed by atoms with Gasteiger partial charge in [0.15, 0.2) is 0 Å². The Kier molecular flexibility index (Phi) is 4.67. The summed E-state index contributed by atoms with van der Waals surface area (Å²) in [4.78, 5) is 15.3. The summed E-state index contributed by atoms with van der Waals surface area (Å²) in [5.74, 6) is 1.67. The van der Waals surface area contributed by atoms with Crippen LogP contribution in [-0.2, 0) is 0 Å². The van der Waals surface area contributed by atoms with Crippen molar-refractivity contribution in [3.05, 3.63) is 0 Å². The number of nitrogens with one attached hydrogen (secondary N) is 1. The first-order valence-corrected chi connectivity index (χ1v) is 9.09. The lowest BCUT2D eigenvalue weighted by molar-refractivity contribution is 0.471. The van der Waals surface area contributed by atoms with Crippen LogP contribution < -0.4 is 16.0 Å². The zero-order valence-electron chi connectivity index (χ0n) is 12.6. The van der Waals surface area contributed by atoms with E-state index < -0.39 is 0 Å². The van der Waals surface area contributed by atoms with Crippen molar-refractivity contribution in [1.82, 2.24) is 15.0 Å². The van der Waals surface area contributed by atoms with Crippen molar-refractivity contribution in [2.24, 2.45) is 0 Å². The Morgan fingerprint density at radius 3 is 2.71 bits per heavy atom. The van der Waals surface area contributed by atoms with Gasteiger partial charge in [-0.25, -0.2) is 0 Å². The highest BCUT2D eigenvalue weighted by atomic mass is 32.2. The first-order chi connectivity index (χ1) is 10.2. The zero-order chi connectivity index (χ0) is 14.7. The van der Waals surface area contributed by atoms with Gasteiger partial charge in [-0.15, -0.1) is 0 Å². The van der Waals surface area contributed by atoms with Crippen molar-refractivity contribution >= 4 is 29.6 Å². The minimum absolute atomic E-state index is 0.312. The van der Waals surface area contributed by atoms with Gasteiger partial charge >= 0.3 is 0 Å².